The van der Waals surface area contributed by atoms with Crippen molar-refractivity contribution in [3.63, 3.8) is 0 Å². The molecule has 174 valence electrons. The van der Waals surface area contributed by atoms with Crippen LogP contribution in [0.25, 0.3) is 10.7 Å². The number of aryl methyl sites for hydroxylation is 1. The van der Waals surface area contributed by atoms with Crippen LogP contribution in [0.15, 0.2) is 23.5 Å². The van der Waals surface area contributed by atoms with E-state index in [1.807, 2.05) is 27.9 Å². The third-order valence-electron chi connectivity index (χ3n) is 6.78. The van der Waals surface area contributed by atoms with Crippen LogP contribution in [-0.4, -0.2) is 55.2 Å². The van der Waals surface area contributed by atoms with Gasteiger partial charge in [-0.1, -0.05) is 25.1 Å². The van der Waals surface area contributed by atoms with Crippen molar-refractivity contribution < 1.29 is 9.59 Å². The fourth-order valence-corrected chi connectivity index (χ4v) is 6.73. The zero-order chi connectivity index (χ0) is 22.9. The van der Waals surface area contributed by atoms with Crippen LogP contribution in [0.2, 0.25) is 0 Å². The summed E-state index contributed by atoms with van der Waals surface area (Å²) in [5, 5.41) is 9.49. The molecule has 3 aromatic heterocycles. The highest BCUT2D eigenvalue weighted by atomic mass is 32.2. The summed E-state index contributed by atoms with van der Waals surface area (Å²) < 4.78 is 1.98. The van der Waals surface area contributed by atoms with Gasteiger partial charge in [0.05, 0.1) is 10.6 Å². The van der Waals surface area contributed by atoms with E-state index < -0.39 is 0 Å². The van der Waals surface area contributed by atoms with Crippen LogP contribution in [0.5, 0.6) is 0 Å². The molecule has 0 saturated carbocycles. The topological polar surface area (TPSA) is 83.9 Å². The zero-order valence-corrected chi connectivity index (χ0v) is 20.7. The Balaban J connectivity index is 1.23. The molecule has 1 aliphatic carbocycles. The van der Waals surface area contributed by atoms with Gasteiger partial charge in [0, 0.05) is 36.8 Å². The van der Waals surface area contributed by atoms with Crippen molar-refractivity contribution in [1.82, 2.24) is 24.6 Å². The Morgan fingerprint density at radius 2 is 2.06 bits per heavy atom. The summed E-state index contributed by atoms with van der Waals surface area (Å²) in [4.78, 5) is 32.7. The van der Waals surface area contributed by atoms with Crippen molar-refractivity contribution >= 4 is 34.8 Å². The number of thioether (sulfide) groups is 1. The first-order chi connectivity index (χ1) is 16.0. The number of aromatic amines is 1. The van der Waals surface area contributed by atoms with E-state index in [-0.39, 0.29) is 17.4 Å². The molecule has 1 saturated heterocycles. The van der Waals surface area contributed by atoms with E-state index in [9.17, 15) is 9.59 Å². The molecular weight excluding hydrogens is 454 g/mol. The Bertz CT molecular complexity index is 1170. The van der Waals surface area contributed by atoms with Crippen molar-refractivity contribution in [1.29, 1.82) is 0 Å². The summed E-state index contributed by atoms with van der Waals surface area (Å²) >= 11 is 3.21. The number of fused-ring (bicyclic) bond motifs is 1. The molecule has 1 fully saturated rings. The molecule has 5 rings (SSSR count). The molecule has 3 aromatic rings. The average Bonchev–Trinajstić information content (AvgIpc) is 3.63. The maximum absolute atomic E-state index is 12.7. The molecule has 9 heteroatoms. The van der Waals surface area contributed by atoms with E-state index >= 15 is 0 Å². The van der Waals surface area contributed by atoms with Gasteiger partial charge >= 0.3 is 0 Å². The van der Waals surface area contributed by atoms with Crippen LogP contribution in [0.3, 0.4) is 0 Å². The first kappa shape index (κ1) is 22.4. The number of amides is 1. The number of carbonyl (C=O) groups excluding carboxylic acids is 2. The van der Waals surface area contributed by atoms with Crippen LogP contribution in [0, 0.1) is 5.92 Å². The van der Waals surface area contributed by atoms with E-state index in [2.05, 4.69) is 28.2 Å². The lowest BCUT2D eigenvalue weighted by atomic mass is 9.87. The number of nitrogens with zero attached hydrogens (tertiary/aromatic N) is 4. The normalized spacial score (nSPS) is 18.0. The number of hydrogen-bond acceptors (Lipinski definition) is 6. The van der Waals surface area contributed by atoms with Gasteiger partial charge in [0.15, 0.2) is 16.8 Å². The molecule has 1 amide bonds. The Kier molecular flexibility index (Phi) is 6.42. The second kappa shape index (κ2) is 9.46. The predicted molar refractivity (Wildman–Crippen MR) is 131 cm³/mol. The minimum atomic E-state index is -0.0292. The molecule has 0 radical (unpaired) electrons. The van der Waals surface area contributed by atoms with Gasteiger partial charge in [0.1, 0.15) is 5.69 Å². The van der Waals surface area contributed by atoms with Crippen LogP contribution in [0.4, 0.5) is 0 Å². The summed E-state index contributed by atoms with van der Waals surface area (Å²) in [6.45, 7) is 3.85. The Hall–Kier alpha value is -2.39. The number of nitrogens with one attached hydrogen (secondary N) is 1. The molecule has 33 heavy (non-hydrogen) atoms. The number of carbonyl (C=O) groups is 2. The Morgan fingerprint density at radius 1 is 1.24 bits per heavy atom. The van der Waals surface area contributed by atoms with Crippen molar-refractivity contribution in [2.24, 2.45) is 13.0 Å². The maximum Gasteiger partial charge on any atom is 0.270 e. The summed E-state index contributed by atoms with van der Waals surface area (Å²) in [6.07, 6.45) is 8.55. The molecule has 7 nitrogen and oxygen atoms in total. The van der Waals surface area contributed by atoms with Gasteiger partial charge in [-0.2, -0.15) is 0 Å². The molecular formula is C24H29N5O2S2. The molecule has 0 aromatic carbocycles. The third kappa shape index (κ3) is 4.53. The molecule has 4 heterocycles. The van der Waals surface area contributed by atoms with Gasteiger partial charge in [-0.3, -0.25) is 9.59 Å². The molecule has 0 bridgehead atoms. The summed E-state index contributed by atoms with van der Waals surface area (Å²) in [7, 11) is 1.96. The number of H-pyrrole nitrogens is 1. The fourth-order valence-electron chi connectivity index (χ4n) is 4.70. The van der Waals surface area contributed by atoms with Crippen LogP contribution in [-0.2, 0) is 19.9 Å². The standard InChI is InChI=1S/C24H29N5O2S2/c1-3-15-6-7-20-16(10-15)12-21(33-20)22-26-27-24(28(22)2)32-14-19(30)17-11-18(25-13-17)23(31)29-8-4-5-9-29/h11-13,15,25H,3-10,14H2,1-2H3/t15-/m0/s1. The quantitative estimate of drug-likeness (QED) is 0.392. The van der Waals surface area contributed by atoms with Crippen molar-refractivity contribution in [3.05, 3.63) is 40.0 Å². The summed E-state index contributed by atoms with van der Waals surface area (Å²) in [5.41, 5.74) is 2.48. The fraction of sp³-hybridized carbons (Fsp3) is 0.500. The number of hydrogen-bond donors (Lipinski definition) is 1. The van der Waals surface area contributed by atoms with Crippen molar-refractivity contribution in [2.75, 3.05) is 18.8 Å². The molecule has 1 atom stereocenters. The Labute approximate surface area is 202 Å². The minimum absolute atomic E-state index is 0.0268. The first-order valence-corrected chi connectivity index (χ1v) is 13.5. The zero-order valence-electron chi connectivity index (χ0n) is 19.1. The molecule has 0 unspecified atom stereocenters. The lowest BCUT2D eigenvalue weighted by Crippen LogP contribution is -2.27. The van der Waals surface area contributed by atoms with E-state index in [4.69, 9.17) is 0 Å². The maximum atomic E-state index is 12.7. The number of aromatic nitrogens is 4. The third-order valence-corrected chi connectivity index (χ3v) is 9.03. The number of ketones is 1. The highest BCUT2D eigenvalue weighted by Gasteiger charge is 2.24. The number of thiophene rings is 1. The first-order valence-electron chi connectivity index (χ1n) is 11.7. The second-order valence-electron chi connectivity index (χ2n) is 8.95. The average molecular weight is 484 g/mol. The van der Waals surface area contributed by atoms with Crippen LogP contribution in [0.1, 0.15) is 63.9 Å². The number of likely N-dealkylation sites (tertiary alicyclic amines) is 1. The SMILES string of the molecule is CC[C@H]1CCc2sc(-c3nnc(SCC(=O)c4c[nH]c(C(=O)N5CCCC5)c4)n3C)cc2C1. The second-order valence-corrected chi connectivity index (χ2v) is 11.0. The number of Topliss-reactive ketones (excluding diaryl/α,β-unsaturated/α-hetero) is 1. The van der Waals surface area contributed by atoms with Gasteiger partial charge in [-0.05, 0) is 55.7 Å². The molecule has 2 aliphatic rings. The van der Waals surface area contributed by atoms with Crippen molar-refractivity contribution in [2.45, 2.75) is 50.6 Å². The molecule has 1 N–H and O–H groups in total. The minimum Gasteiger partial charge on any atom is -0.356 e. The molecule has 0 spiro atoms. The Morgan fingerprint density at radius 3 is 2.85 bits per heavy atom. The number of rotatable bonds is 7. The lowest BCUT2D eigenvalue weighted by molar-refractivity contribution is 0.0787. The van der Waals surface area contributed by atoms with Crippen LogP contribution >= 0.6 is 23.1 Å². The smallest absolute Gasteiger partial charge is 0.270 e. The van der Waals surface area contributed by atoms with Gasteiger partial charge in [-0.15, -0.1) is 21.5 Å². The van der Waals surface area contributed by atoms with Crippen molar-refractivity contribution in [3.8, 4) is 10.7 Å². The summed E-state index contributed by atoms with van der Waals surface area (Å²) in [6, 6.07) is 3.95. The largest absolute Gasteiger partial charge is 0.356 e. The van der Waals surface area contributed by atoms with Gasteiger partial charge < -0.3 is 14.5 Å². The highest BCUT2D eigenvalue weighted by molar-refractivity contribution is 7.99. The van der Waals surface area contributed by atoms with Gasteiger partial charge in [-0.25, -0.2) is 0 Å². The van der Waals surface area contributed by atoms with E-state index in [0.29, 0.717) is 11.3 Å². The monoisotopic (exact) mass is 483 g/mol. The predicted octanol–water partition coefficient (Wildman–Crippen LogP) is 4.60. The molecule has 1 aliphatic heterocycles. The lowest BCUT2D eigenvalue weighted by Gasteiger charge is -2.19. The van der Waals surface area contributed by atoms with Gasteiger partial charge in [0.2, 0.25) is 0 Å². The summed E-state index contributed by atoms with van der Waals surface area (Å²) in [5.74, 6) is 1.84. The van der Waals surface area contributed by atoms with Gasteiger partial charge in [0.25, 0.3) is 5.91 Å². The van der Waals surface area contributed by atoms with E-state index in [1.165, 1.54) is 35.0 Å². The van der Waals surface area contributed by atoms with E-state index in [0.717, 1.165) is 60.5 Å². The highest BCUT2D eigenvalue weighted by Crippen LogP contribution is 2.38. The van der Waals surface area contributed by atoms with E-state index in [1.54, 1.807) is 12.3 Å². The van der Waals surface area contributed by atoms with Crippen LogP contribution < -0.4 is 0 Å².